The van der Waals surface area contributed by atoms with Crippen LogP contribution < -0.4 is 10.1 Å². The van der Waals surface area contributed by atoms with Crippen molar-refractivity contribution >= 4 is 23.5 Å². The Balaban J connectivity index is 1.76. The van der Waals surface area contributed by atoms with E-state index in [2.05, 4.69) is 10.3 Å². The number of rotatable bonds is 9. The Bertz CT molecular complexity index is 1490. The highest BCUT2D eigenvalue weighted by molar-refractivity contribution is 6.30. The fraction of sp³-hybridized carbons (Fsp3) is 0.138. The van der Waals surface area contributed by atoms with Crippen LogP contribution in [-0.4, -0.2) is 35.1 Å². The number of ether oxygens (including phenoxy) is 1. The van der Waals surface area contributed by atoms with Gasteiger partial charge in [0.05, 0.1) is 5.56 Å². The van der Waals surface area contributed by atoms with Crippen LogP contribution in [0.5, 0.6) is 5.75 Å². The molecule has 0 spiro atoms. The van der Waals surface area contributed by atoms with E-state index in [1.165, 1.54) is 12.1 Å². The second-order valence-corrected chi connectivity index (χ2v) is 8.94. The monoisotopic (exact) mass is 554 g/mol. The number of nitrogens with one attached hydrogen (secondary N) is 1. The molecule has 0 radical (unpaired) electrons. The van der Waals surface area contributed by atoms with Crippen LogP contribution in [0.1, 0.15) is 21.6 Å². The maximum Gasteiger partial charge on any atom is 0.416 e. The van der Waals surface area contributed by atoms with E-state index in [1.807, 2.05) is 0 Å². The van der Waals surface area contributed by atoms with E-state index in [0.29, 0.717) is 22.6 Å². The van der Waals surface area contributed by atoms with E-state index in [1.54, 1.807) is 60.8 Å². The molecule has 0 fully saturated rings. The van der Waals surface area contributed by atoms with Crippen LogP contribution in [0.25, 0.3) is 22.3 Å². The lowest BCUT2D eigenvalue weighted by Crippen LogP contribution is -2.26. The summed E-state index contributed by atoms with van der Waals surface area (Å²) in [5, 5.41) is 12.3. The number of aromatic nitrogens is 1. The molecule has 10 heteroatoms. The predicted molar refractivity (Wildman–Crippen MR) is 141 cm³/mol. The first-order chi connectivity index (χ1) is 18.6. The lowest BCUT2D eigenvalue weighted by molar-refractivity contribution is -0.139. The van der Waals surface area contributed by atoms with Crippen LogP contribution in [0.4, 0.5) is 13.2 Å². The molecule has 4 aromatic rings. The van der Waals surface area contributed by atoms with Crippen molar-refractivity contribution in [3.8, 4) is 28.0 Å². The number of para-hydroxylation sites is 1. The smallest absolute Gasteiger partial charge is 0.416 e. The summed E-state index contributed by atoms with van der Waals surface area (Å²) in [5.74, 6) is -1.92. The summed E-state index contributed by atoms with van der Waals surface area (Å²) in [6, 6.07) is 19.7. The van der Waals surface area contributed by atoms with Gasteiger partial charge in [0, 0.05) is 46.6 Å². The van der Waals surface area contributed by atoms with Crippen molar-refractivity contribution in [3.63, 3.8) is 0 Å². The number of carboxylic acids is 1. The predicted octanol–water partition coefficient (Wildman–Crippen LogP) is 6.52. The number of aliphatic carboxylic acids is 1. The van der Waals surface area contributed by atoms with Gasteiger partial charge in [-0.2, -0.15) is 13.2 Å². The van der Waals surface area contributed by atoms with E-state index in [4.69, 9.17) is 16.3 Å². The Labute approximate surface area is 227 Å². The first-order valence-corrected chi connectivity index (χ1v) is 12.1. The second-order valence-electron chi connectivity index (χ2n) is 8.50. The van der Waals surface area contributed by atoms with Crippen LogP contribution in [0.2, 0.25) is 5.02 Å². The highest BCUT2D eigenvalue weighted by Crippen LogP contribution is 2.42. The van der Waals surface area contributed by atoms with Crippen molar-refractivity contribution in [2.45, 2.75) is 12.6 Å². The first kappa shape index (κ1) is 27.7. The molecule has 0 aliphatic carbocycles. The van der Waals surface area contributed by atoms with Crippen LogP contribution in [-0.2, 0) is 17.4 Å². The molecular formula is C29H22ClF3N2O4. The zero-order valence-corrected chi connectivity index (χ0v) is 21.1. The molecule has 1 amide bonds. The van der Waals surface area contributed by atoms with Crippen molar-refractivity contribution < 1.29 is 32.6 Å². The van der Waals surface area contributed by atoms with Crippen LogP contribution >= 0.6 is 11.6 Å². The number of hydrogen-bond donors (Lipinski definition) is 2. The van der Waals surface area contributed by atoms with E-state index in [9.17, 15) is 27.9 Å². The van der Waals surface area contributed by atoms with Crippen molar-refractivity contribution in [1.82, 2.24) is 10.3 Å². The molecule has 0 atom stereocenters. The average Bonchev–Trinajstić information content (AvgIpc) is 2.91. The van der Waals surface area contributed by atoms with Gasteiger partial charge in [0.2, 0.25) is 0 Å². The number of nitrogens with zero attached hydrogens (tertiary/aromatic N) is 1. The summed E-state index contributed by atoms with van der Waals surface area (Å²) in [7, 11) is 0. The lowest BCUT2D eigenvalue weighted by atomic mass is 9.94. The van der Waals surface area contributed by atoms with Crippen LogP contribution in [0.3, 0.4) is 0 Å². The standard InChI is InChI=1S/C29H22ClF3N2O4/c30-22-6-3-5-18(16-22)24-8-4-9-25(27(24)39-17-26(36)37)19-13-20(15-21(14-19)29(31,32)33)28(38)35-12-10-23-7-1-2-11-34-23/h1-9,11,13-16H,10,12,17H2,(H,35,38)(H,36,37). The first-order valence-electron chi connectivity index (χ1n) is 11.8. The molecule has 1 heterocycles. The molecule has 0 saturated heterocycles. The number of pyridine rings is 1. The third-order valence-electron chi connectivity index (χ3n) is 5.72. The largest absolute Gasteiger partial charge is 0.481 e. The minimum absolute atomic E-state index is 0.0315. The summed E-state index contributed by atoms with van der Waals surface area (Å²) in [6.07, 6.45) is -2.74. The van der Waals surface area contributed by atoms with E-state index >= 15 is 0 Å². The van der Waals surface area contributed by atoms with Gasteiger partial charge in [-0.1, -0.05) is 48.0 Å². The van der Waals surface area contributed by atoms with Gasteiger partial charge in [0.15, 0.2) is 6.61 Å². The summed E-state index contributed by atoms with van der Waals surface area (Å²) >= 11 is 6.13. The Morgan fingerprint density at radius 3 is 2.33 bits per heavy atom. The minimum Gasteiger partial charge on any atom is -0.481 e. The summed E-state index contributed by atoms with van der Waals surface area (Å²) in [4.78, 5) is 28.4. The Morgan fingerprint density at radius 2 is 1.67 bits per heavy atom. The number of carbonyl (C=O) groups excluding carboxylic acids is 1. The minimum atomic E-state index is -4.74. The number of benzene rings is 3. The molecule has 0 aliphatic rings. The Morgan fingerprint density at radius 1 is 0.923 bits per heavy atom. The highest BCUT2D eigenvalue weighted by Gasteiger charge is 2.32. The molecule has 200 valence electrons. The lowest BCUT2D eigenvalue weighted by Gasteiger charge is -2.18. The fourth-order valence-electron chi connectivity index (χ4n) is 3.97. The van der Waals surface area contributed by atoms with Crippen molar-refractivity contribution in [2.24, 2.45) is 0 Å². The third kappa shape index (κ3) is 7.14. The highest BCUT2D eigenvalue weighted by atomic mass is 35.5. The van der Waals surface area contributed by atoms with Crippen molar-refractivity contribution in [1.29, 1.82) is 0 Å². The van der Waals surface area contributed by atoms with E-state index in [0.717, 1.165) is 17.8 Å². The number of amides is 1. The number of alkyl halides is 3. The number of halogens is 4. The SMILES string of the molecule is O=C(O)COc1c(-c2cccc(Cl)c2)cccc1-c1cc(C(=O)NCCc2ccccn2)cc(C(F)(F)F)c1. The molecule has 1 aromatic heterocycles. The number of carboxylic acid groups (broad SMARTS) is 1. The summed E-state index contributed by atoms with van der Waals surface area (Å²) in [5.41, 5.74) is 0.691. The maximum absolute atomic E-state index is 13.9. The van der Waals surface area contributed by atoms with Gasteiger partial charge in [-0.25, -0.2) is 4.79 Å². The molecule has 3 aromatic carbocycles. The van der Waals surface area contributed by atoms with Crippen molar-refractivity contribution in [2.75, 3.05) is 13.2 Å². The van der Waals surface area contributed by atoms with Gasteiger partial charge in [-0.15, -0.1) is 0 Å². The number of carbonyl (C=O) groups is 2. The quantitative estimate of drug-likeness (QED) is 0.246. The van der Waals surface area contributed by atoms with Gasteiger partial charge >= 0.3 is 12.1 Å². The molecule has 2 N–H and O–H groups in total. The molecule has 0 unspecified atom stereocenters. The normalized spacial score (nSPS) is 11.2. The Kier molecular flexibility index (Phi) is 8.51. The van der Waals surface area contributed by atoms with E-state index in [-0.39, 0.29) is 29.0 Å². The molecule has 4 rings (SSSR count). The van der Waals surface area contributed by atoms with Gasteiger partial charge in [0.1, 0.15) is 5.75 Å². The zero-order chi connectivity index (χ0) is 28.0. The summed E-state index contributed by atoms with van der Waals surface area (Å²) < 4.78 is 47.2. The summed E-state index contributed by atoms with van der Waals surface area (Å²) in [6.45, 7) is -0.566. The van der Waals surface area contributed by atoms with E-state index < -0.39 is 30.2 Å². The average molecular weight is 555 g/mol. The van der Waals surface area contributed by atoms with Crippen LogP contribution in [0.15, 0.2) is 85.1 Å². The van der Waals surface area contributed by atoms with Gasteiger partial charge in [0.25, 0.3) is 5.91 Å². The third-order valence-corrected chi connectivity index (χ3v) is 5.95. The molecule has 0 aliphatic heterocycles. The maximum atomic E-state index is 13.9. The molecule has 6 nitrogen and oxygen atoms in total. The topological polar surface area (TPSA) is 88.5 Å². The molecule has 39 heavy (non-hydrogen) atoms. The van der Waals surface area contributed by atoms with Crippen LogP contribution in [0, 0.1) is 0 Å². The van der Waals surface area contributed by atoms with Gasteiger partial charge in [-0.05, 0) is 53.6 Å². The molecule has 0 bridgehead atoms. The van der Waals surface area contributed by atoms with Crippen molar-refractivity contribution in [3.05, 3.63) is 107 Å². The molecule has 0 saturated carbocycles. The fourth-order valence-corrected chi connectivity index (χ4v) is 4.16. The van der Waals surface area contributed by atoms with Gasteiger partial charge < -0.3 is 15.2 Å². The Hall–Kier alpha value is -4.37. The zero-order valence-electron chi connectivity index (χ0n) is 20.3. The second kappa shape index (κ2) is 12.0. The number of hydrogen-bond acceptors (Lipinski definition) is 4. The molecular weight excluding hydrogens is 533 g/mol. The van der Waals surface area contributed by atoms with Gasteiger partial charge in [-0.3, -0.25) is 9.78 Å².